The van der Waals surface area contributed by atoms with Crippen LogP contribution in [0.3, 0.4) is 0 Å². The Bertz CT molecular complexity index is 2100. The fourth-order valence-corrected chi connectivity index (χ4v) is 8.37. The summed E-state index contributed by atoms with van der Waals surface area (Å²) in [6, 6.07) is 21.2. The van der Waals surface area contributed by atoms with Gasteiger partial charge in [0.05, 0.1) is 4.90 Å². The lowest BCUT2D eigenvalue weighted by molar-refractivity contribution is -0.139. The number of rotatable bonds is 9. The Morgan fingerprint density at radius 1 is 0.960 bits per heavy atom. The Morgan fingerprint density at radius 2 is 1.56 bits per heavy atom. The molecule has 0 fully saturated rings. The number of ether oxygens (including phenoxy) is 2. The van der Waals surface area contributed by atoms with Crippen molar-refractivity contribution in [1.82, 2.24) is 5.32 Å². The van der Waals surface area contributed by atoms with Crippen molar-refractivity contribution in [3.63, 3.8) is 0 Å². The molecule has 4 aromatic rings. The number of carboxylic acids is 1. The Balaban J connectivity index is 1.09. The number of benzene rings is 4. The summed E-state index contributed by atoms with van der Waals surface area (Å²) in [6.45, 7) is 9.31. The molecule has 11 nitrogen and oxygen atoms in total. The van der Waals surface area contributed by atoms with E-state index in [1.165, 1.54) is 0 Å². The fraction of sp³-hybridized carbons (Fsp3) is 0.289. The average molecular weight is 697 g/mol. The van der Waals surface area contributed by atoms with E-state index >= 15 is 0 Å². The molecule has 1 atom stereocenters. The van der Waals surface area contributed by atoms with Gasteiger partial charge in [0.2, 0.25) is 5.96 Å². The van der Waals surface area contributed by atoms with E-state index in [1.807, 2.05) is 69.3 Å². The van der Waals surface area contributed by atoms with Crippen molar-refractivity contribution in [2.75, 3.05) is 11.9 Å². The molecule has 0 spiro atoms. The highest BCUT2D eigenvalue weighted by molar-refractivity contribution is 7.90. The van der Waals surface area contributed by atoms with E-state index in [1.54, 1.807) is 38.1 Å². The number of fused-ring (bicyclic) bond motifs is 4. The summed E-state index contributed by atoms with van der Waals surface area (Å²) in [5, 5.41) is 15.1. The molecule has 1 aliphatic carbocycles. The number of alkyl carbamates (subject to hydrolysis) is 1. The van der Waals surface area contributed by atoms with Crippen molar-refractivity contribution in [3.05, 3.63) is 112 Å². The molecule has 6 rings (SSSR count). The highest BCUT2D eigenvalue weighted by Crippen LogP contribution is 2.45. The number of sulfonamides is 1. The van der Waals surface area contributed by atoms with E-state index in [2.05, 4.69) is 15.0 Å². The Morgan fingerprint density at radius 3 is 2.16 bits per heavy atom. The maximum Gasteiger partial charge on any atom is 0.407 e. The van der Waals surface area contributed by atoms with Gasteiger partial charge in [-0.3, -0.25) is 0 Å². The number of nitrogens with zero attached hydrogens (tertiary/aromatic N) is 1. The number of nitrogens with one attached hydrogen (secondary N) is 2. The van der Waals surface area contributed by atoms with Gasteiger partial charge in [-0.15, -0.1) is 4.40 Å². The van der Waals surface area contributed by atoms with Crippen LogP contribution in [0.25, 0.3) is 11.1 Å². The molecular formula is C38H40N4O7S. The first kappa shape index (κ1) is 34.5. The number of carbonyl (C=O) groups is 2. The molecule has 0 saturated carbocycles. The number of carboxylic acid groups (broad SMARTS) is 1. The lowest BCUT2D eigenvalue weighted by Gasteiger charge is -2.18. The topological polar surface area (TPSA) is 169 Å². The van der Waals surface area contributed by atoms with E-state index in [0.717, 1.165) is 39.1 Å². The Hall–Kier alpha value is -5.36. The molecule has 260 valence electrons. The number of anilines is 1. The summed E-state index contributed by atoms with van der Waals surface area (Å²) in [5.74, 6) is -0.982. The smallest absolute Gasteiger partial charge is 0.407 e. The first-order valence-electron chi connectivity index (χ1n) is 16.3. The first-order chi connectivity index (χ1) is 23.6. The second-order valence-corrected chi connectivity index (χ2v) is 14.9. The van der Waals surface area contributed by atoms with Gasteiger partial charge in [-0.25, -0.2) is 9.59 Å². The number of amides is 1. The van der Waals surface area contributed by atoms with Crippen LogP contribution in [0.5, 0.6) is 5.75 Å². The molecule has 4 aromatic carbocycles. The second kappa shape index (κ2) is 13.2. The van der Waals surface area contributed by atoms with Gasteiger partial charge in [-0.05, 0) is 91.3 Å². The van der Waals surface area contributed by atoms with Crippen LogP contribution < -0.4 is 21.1 Å². The minimum absolute atomic E-state index is 0.0193. The number of guanidine groups is 1. The summed E-state index contributed by atoms with van der Waals surface area (Å²) in [7, 11) is -4.18. The second-order valence-electron chi connectivity index (χ2n) is 13.4. The number of carbonyl (C=O) groups excluding carboxylic acids is 1. The van der Waals surface area contributed by atoms with Gasteiger partial charge in [0, 0.05) is 30.0 Å². The van der Waals surface area contributed by atoms with Crippen LogP contribution in [0.1, 0.15) is 58.7 Å². The molecule has 50 heavy (non-hydrogen) atoms. The monoisotopic (exact) mass is 696 g/mol. The molecule has 1 heterocycles. The molecular weight excluding hydrogens is 657 g/mol. The molecule has 1 aliphatic heterocycles. The van der Waals surface area contributed by atoms with Crippen LogP contribution in [0.15, 0.2) is 82.1 Å². The predicted molar refractivity (Wildman–Crippen MR) is 191 cm³/mol. The van der Waals surface area contributed by atoms with Crippen molar-refractivity contribution >= 4 is 33.7 Å². The van der Waals surface area contributed by atoms with Gasteiger partial charge >= 0.3 is 12.1 Å². The zero-order valence-electron chi connectivity index (χ0n) is 28.5. The Labute approximate surface area is 291 Å². The molecule has 0 saturated heterocycles. The average Bonchev–Trinajstić information content (AvgIpc) is 3.57. The third-order valence-corrected chi connectivity index (χ3v) is 10.9. The maximum atomic E-state index is 13.5. The SMILES string of the molecule is Cc1c(C)c(S(=O)(=O)/N=C(\N)Nc2ccc(C[C@H](NC(=O)OCC3c4ccccc4-c4ccccc43)C(=O)O)cc2)c(C)c2c1OC(C)(C)C2. The highest BCUT2D eigenvalue weighted by atomic mass is 32.2. The largest absolute Gasteiger partial charge is 0.487 e. The van der Waals surface area contributed by atoms with Gasteiger partial charge in [0.25, 0.3) is 10.0 Å². The van der Waals surface area contributed by atoms with Crippen LogP contribution in [0.4, 0.5) is 10.5 Å². The van der Waals surface area contributed by atoms with Crippen LogP contribution in [0, 0.1) is 20.8 Å². The lowest BCUT2D eigenvalue weighted by Crippen LogP contribution is -2.42. The number of hydrogen-bond acceptors (Lipinski definition) is 6. The van der Waals surface area contributed by atoms with E-state index in [4.69, 9.17) is 15.2 Å². The summed E-state index contributed by atoms with van der Waals surface area (Å²) in [4.78, 5) is 25.0. The summed E-state index contributed by atoms with van der Waals surface area (Å²) >= 11 is 0. The molecule has 2 aliphatic rings. The fourth-order valence-electron chi connectivity index (χ4n) is 6.92. The van der Waals surface area contributed by atoms with Crippen molar-refractivity contribution in [3.8, 4) is 16.9 Å². The quantitative estimate of drug-likeness (QED) is 0.122. The third-order valence-electron chi connectivity index (χ3n) is 9.37. The minimum Gasteiger partial charge on any atom is -0.487 e. The van der Waals surface area contributed by atoms with Gasteiger partial charge < -0.3 is 30.9 Å². The highest BCUT2D eigenvalue weighted by Gasteiger charge is 2.37. The molecule has 5 N–H and O–H groups in total. The molecule has 0 unspecified atom stereocenters. The summed E-state index contributed by atoms with van der Waals surface area (Å²) < 4.78 is 42.5. The van der Waals surface area contributed by atoms with Gasteiger partial charge in [0.15, 0.2) is 0 Å². The van der Waals surface area contributed by atoms with E-state index < -0.39 is 33.7 Å². The minimum atomic E-state index is -4.18. The van der Waals surface area contributed by atoms with E-state index in [-0.39, 0.29) is 29.8 Å². The normalized spacial score (nSPS) is 15.3. The van der Waals surface area contributed by atoms with Crippen molar-refractivity contribution in [2.45, 2.75) is 69.9 Å². The van der Waals surface area contributed by atoms with Gasteiger partial charge in [-0.2, -0.15) is 8.42 Å². The van der Waals surface area contributed by atoms with Crippen molar-refractivity contribution in [2.24, 2.45) is 10.1 Å². The summed E-state index contributed by atoms with van der Waals surface area (Å²) in [6.07, 6.45) is -0.275. The van der Waals surface area contributed by atoms with Crippen molar-refractivity contribution < 1.29 is 32.6 Å². The number of nitrogens with two attached hydrogens (primary N) is 1. The number of hydrogen-bond donors (Lipinski definition) is 4. The van der Waals surface area contributed by atoms with Gasteiger partial charge in [0.1, 0.15) is 24.0 Å². The zero-order chi connectivity index (χ0) is 36.0. The summed E-state index contributed by atoms with van der Waals surface area (Å²) in [5.41, 5.74) is 13.7. The standard InChI is InChI=1S/C38H40N4O7S/c1-21-22(2)34(23(3)30-19-38(4,5)49-33(21)30)50(46,47)42-36(39)40-25-16-14-24(15-17-25)18-32(35(43)44)41-37(45)48-20-31-28-12-8-6-10-26(28)27-11-7-9-13-29(27)31/h6-17,31-32H,18-20H2,1-5H3,(H,41,45)(H,43,44)(H3,39,40,42)/t32-/m0/s1. The lowest BCUT2D eigenvalue weighted by atomic mass is 9.94. The zero-order valence-corrected chi connectivity index (χ0v) is 29.4. The Kier molecular flexibility index (Phi) is 9.08. The first-order valence-corrected chi connectivity index (χ1v) is 17.7. The van der Waals surface area contributed by atoms with Crippen LogP contribution in [0.2, 0.25) is 0 Å². The third kappa shape index (κ3) is 6.75. The number of aliphatic carboxylic acids is 1. The molecule has 12 heteroatoms. The van der Waals surface area contributed by atoms with Crippen LogP contribution in [-0.2, 0) is 32.4 Å². The maximum absolute atomic E-state index is 13.5. The van der Waals surface area contributed by atoms with Crippen molar-refractivity contribution in [1.29, 1.82) is 0 Å². The van der Waals surface area contributed by atoms with E-state index in [9.17, 15) is 23.1 Å². The van der Waals surface area contributed by atoms with Crippen LogP contribution >= 0.6 is 0 Å². The molecule has 1 amide bonds. The predicted octanol–water partition coefficient (Wildman–Crippen LogP) is 5.98. The molecule has 0 radical (unpaired) electrons. The molecule has 0 bridgehead atoms. The van der Waals surface area contributed by atoms with E-state index in [0.29, 0.717) is 28.8 Å². The molecule has 0 aromatic heterocycles. The van der Waals surface area contributed by atoms with Crippen LogP contribution in [-0.4, -0.2) is 49.8 Å². The van der Waals surface area contributed by atoms with Gasteiger partial charge in [-0.1, -0.05) is 60.7 Å².